The van der Waals surface area contributed by atoms with Crippen LogP contribution < -0.4 is 20.5 Å². The van der Waals surface area contributed by atoms with Crippen LogP contribution in [-0.2, 0) is 11.3 Å². The molecule has 0 saturated heterocycles. The predicted molar refractivity (Wildman–Crippen MR) is 126 cm³/mol. The van der Waals surface area contributed by atoms with Crippen LogP contribution in [0.1, 0.15) is 33.3 Å². The molecule has 0 spiro atoms. The smallest absolute Gasteiger partial charge is 0.410 e. The quantitative estimate of drug-likeness (QED) is 0.309. The molecule has 1 aromatic carbocycles. The molecule has 0 fully saturated rings. The van der Waals surface area contributed by atoms with Gasteiger partial charge in [-0.25, -0.2) is 9.79 Å². The summed E-state index contributed by atoms with van der Waals surface area (Å²) in [7, 11) is 4.91. The molecule has 0 saturated carbocycles. The number of carbonyl (C=O) groups excluding carboxylic acids is 1. The number of ether oxygens (including phenoxy) is 3. The molecule has 8 nitrogen and oxygen atoms in total. The van der Waals surface area contributed by atoms with E-state index in [1.165, 1.54) is 0 Å². The van der Waals surface area contributed by atoms with Crippen molar-refractivity contribution in [2.75, 3.05) is 34.4 Å². The fourth-order valence-electron chi connectivity index (χ4n) is 2.44. The number of aliphatic imine (C=N–C) groups is 1. The Balaban J connectivity index is 0.00000784. The van der Waals surface area contributed by atoms with E-state index in [-0.39, 0.29) is 36.0 Å². The Morgan fingerprint density at radius 2 is 1.86 bits per heavy atom. The third-order valence-electron chi connectivity index (χ3n) is 3.80. The van der Waals surface area contributed by atoms with E-state index in [0.29, 0.717) is 37.1 Å². The highest BCUT2D eigenvalue weighted by Crippen LogP contribution is 2.27. The summed E-state index contributed by atoms with van der Waals surface area (Å²) in [6, 6.07) is 5.62. The first-order chi connectivity index (χ1) is 13.1. The molecule has 0 aliphatic heterocycles. The number of rotatable bonds is 8. The number of nitrogens with two attached hydrogens (primary N) is 1. The van der Waals surface area contributed by atoms with Gasteiger partial charge in [-0.1, -0.05) is 13.0 Å². The number of guanidine groups is 1. The molecular weight excluding hydrogens is 487 g/mol. The van der Waals surface area contributed by atoms with Crippen molar-refractivity contribution < 1.29 is 19.0 Å². The van der Waals surface area contributed by atoms with Gasteiger partial charge in [0.25, 0.3) is 0 Å². The SMILES string of the molecule is COc1ccc(CN=C(N)NCC(C)CN(C)C(=O)OC(C)(C)C)cc1OC.I. The molecule has 0 aliphatic carbocycles. The summed E-state index contributed by atoms with van der Waals surface area (Å²) >= 11 is 0. The first kappa shape index (κ1) is 27.1. The highest BCUT2D eigenvalue weighted by atomic mass is 127. The Hall–Kier alpha value is -1.91. The average Bonchev–Trinajstić information content (AvgIpc) is 2.62. The maximum atomic E-state index is 12.0. The monoisotopic (exact) mass is 522 g/mol. The van der Waals surface area contributed by atoms with Gasteiger partial charge in [0.1, 0.15) is 5.60 Å². The summed E-state index contributed by atoms with van der Waals surface area (Å²) in [6.07, 6.45) is -0.338. The number of benzene rings is 1. The lowest BCUT2D eigenvalue weighted by atomic mass is 10.1. The Morgan fingerprint density at radius 3 is 2.41 bits per heavy atom. The first-order valence-corrected chi connectivity index (χ1v) is 9.24. The van der Waals surface area contributed by atoms with Gasteiger partial charge >= 0.3 is 6.09 Å². The summed E-state index contributed by atoms with van der Waals surface area (Å²) in [5.41, 5.74) is 6.40. The molecule has 0 aliphatic rings. The summed E-state index contributed by atoms with van der Waals surface area (Å²) in [4.78, 5) is 17.9. The molecule has 29 heavy (non-hydrogen) atoms. The van der Waals surface area contributed by atoms with Crippen molar-refractivity contribution in [3.05, 3.63) is 23.8 Å². The molecule has 9 heteroatoms. The van der Waals surface area contributed by atoms with Crippen LogP contribution in [0.15, 0.2) is 23.2 Å². The largest absolute Gasteiger partial charge is 0.493 e. The predicted octanol–water partition coefficient (Wildman–Crippen LogP) is 3.23. The lowest BCUT2D eigenvalue weighted by Gasteiger charge is -2.26. The normalized spacial score (nSPS) is 12.4. The van der Waals surface area contributed by atoms with E-state index in [1.807, 2.05) is 45.9 Å². The molecule has 166 valence electrons. The zero-order valence-electron chi connectivity index (χ0n) is 18.4. The van der Waals surface area contributed by atoms with E-state index in [2.05, 4.69) is 10.3 Å². The highest BCUT2D eigenvalue weighted by Gasteiger charge is 2.20. The van der Waals surface area contributed by atoms with Crippen molar-refractivity contribution in [3.8, 4) is 11.5 Å². The van der Waals surface area contributed by atoms with Gasteiger partial charge in [0.15, 0.2) is 17.5 Å². The molecule has 1 atom stereocenters. The second-order valence-corrected chi connectivity index (χ2v) is 7.74. The fourth-order valence-corrected chi connectivity index (χ4v) is 2.44. The molecule has 0 heterocycles. The van der Waals surface area contributed by atoms with Crippen LogP contribution in [0.2, 0.25) is 0 Å². The number of amides is 1. The minimum Gasteiger partial charge on any atom is -0.493 e. The van der Waals surface area contributed by atoms with Crippen molar-refractivity contribution in [2.45, 2.75) is 39.8 Å². The van der Waals surface area contributed by atoms with Crippen LogP contribution in [0.4, 0.5) is 4.79 Å². The molecule has 0 radical (unpaired) electrons. The van der Waals surface area contributed by atoms with Crippen LogP contribution in [0, 0.1) is 5.92 Å². The lowest BCUT2D eigenvalue weighted by molar-refractivity contribution is 0.0278. The number of halogens is 1. The van der Waals surface area contributed by atoms with Crippen molar-refractivity contribution in [1.82, 2.24) is 10.2 Å². The Morgan fingerprint density at radius 1 is 1.24 bits per heavy atom. The van der Waals surface area contributed by atoms with E-state index in [9.17, 15) is 4.79 Å². The third kappa shape index (κ3) is 10.4. The Labute approximate surface area is 191 Å². The van der Waals surface area contributed by atoms with Crippen LogP contribution >= 0.6 is 24.0 Å². The molecule has 1 amide bonds. The third-order valence-corrected chi connectivity index (χ3v) is 3.80. The molecule has 1 rings (SSSR count). The van der Waals surface area contributed by atoms with Crippen LogP contribution in [-0.4, -0.2) is 56.9 Å². The molecule has 0 aromatic heterocycles. The van der Waals surface area contributed by atoms with Gasteiger partial charge in [-0.15, -0.1) is 24.0 Å². The highest BCUT2D eigenvalue weighted by molar-refractivity contribution is 14.0. The average molecular weight is 522 g/mol. The van der Waals surface area contributed by atoms with Crippen molar-refractivity contribution >= 4 is 36.0 Å². The number of methoxy groups -OCH3 is 2. The number of nitrogens with one attached hydrogen (secondary N) is 1. The standard InChI is InChI=1S/C20H34N4O4.HI/c1-14(13-24(5)19(25)28-20(2,3)4)11-22-18(21)23-12-15-8-9-16(26-6)17(10-15)27-7;/h8-10,14H,11-13H2,1-7H3,(H3,21,22,23);1H. The molecule has 0 bridgehead atoms. The van der Waals surface area contributed by atoms with Gasteiger partial charge in [0.05, 0.1) is 20.8 Å². The van der Waals surface area contributed by atoms with E-state index >= 15 is 0 Å². The van der Waals surface area contributed by atoms with Crippen molar-refractivity contribution in [3.63, 3.8) is 0 Å². The molecule has 3 N–H and O–H groups in total. The van der Waals surface area contributed by atoms with Gasteiger partial charge in [0, 0.05) is 20.1 Å². The van der Waals surface area contributed by atoms with Crippen LogP contribution in [0.5, 0.6) is 11.5 Å². The van der Waals surface area contributed by atoms with E-state index in [4.69, 9.17) is 19.9 Å². The van der Waals surface area contributed by atoms with E-state index in [1.54, 1.807) is 26.2 Å². The zero-order valence-corrected chi connectivity index (χ0v) is 20.8. The second-order valence-electron chi connectivity index (χ2n) is 7.74. The molecule has 1 unspecified atom stereocenters. The minimum atomic E-state index is -0.506. The number of hydrogen-bond donors (Lipinski definition) is 2. The topological polar surface area (TPSA) is 98.4 Å². The maximum Gasteiger partial charge on any atom is 0.410 e. The summed E-state index contributed by atoms with van der Waals surface area (Å²) in [5, 5.41) is 3.09. The maximum absolute atomic E-state index is 12.0. The van der Waals surface area contributed by atoms with Crippen molar-refractivity contribution in [2.24, 2.45) is 16.6 Å². The second kappa shape index (κ2) is 12.6. The minimum absolute atomic E-state index is 0. The number of carbonyl (C=O) groups is 1. The van der Waals surface area contributed by atoms with Gasteiger partial charge in [-0.3, -0.25) is 0 Å². The molecule has 1 aromatic rings. The summed E-state index contributed by atoms with van der Waals surface area (Å²) in [5.74, 6) is 1.85. The summed E-state index contributed by atoms with van der Waals surface area (Å²) < 4.78 is 15.9. The lowest BCUT2D eigenvalue weighted by Crippen LogP contribution is -2.41. The fraction of sp³-hybridized carbons (Fsp3) is 0.600. The zero-order chi connectivity index (χ0) is 21.3. The van der Waals surface area contributed by atoms with Gasteiger partial charge < -0.3 is 30.2 Å². The summed E-state index contributed by atoms with van der Waals surface area (Å²) in [6.45, 7) is 9.12. The van der Waals surface area contributed by atoms with Gasteiger partial charge in [0.2, 0.25) is 0 Å². The number of nitrogens with zero attached hydrogens (tertiary/aromatic N) is 2. The van der Waals surface area contributed by atoms with E-state index in [0.717, 1.165) is 5.56 Å². The first-order valence-electron chi connectivity index (χ1n) is 9.24. The van der Waals surface area contributed by atoms with Gasteiger partial charge in [-0.05, 0) is 44.4 Å². The Kier molecular flexibility index (Phi) is 11.8. The van der Waals surface area contributed by atoms with Crippen LogP contribution in [0.3, 0.4) is 0 Å². The Bertz CT molecular complexity index is 677. The van der Waals surface area contributed by atoms with Crippen molar-refractivity contribution in [1.29, 1.82) is 0 Å². The molecular formula is C20H35IN4O4. The van der Waals surface area contributed by atoms with Gasteiger partial charge in [-0.2, -0.15) is 0 Å². The number of hydrogen-bond acceptors (Lipinski definition) is 5. The van der Waals surface area contributed by atoms with Crippen LogP contribution in [0.25, 0.3) is 0 Å². The van der Waals surface area contributed by atoms with E-state index < -0.39 is 5.60 Å².